The van der Waals surface area contributed by atoms with Gasteiger partial charge in [-0.15, -0.1) is 16.9 Å². The van der Waals surface area contributed by atoms with Gasteiger partial charge in [-0.3, -0.25) is 33.6 Å². The molecule has 5 saturated heterocycles. The highest BCUT2D eigenvalue weighted by Crippen LogP contribution is 2.51. The fraction of sp³-hybridized carbons (Fsp3) is 0.529. The number of aliphatic carboxylic acids is 2. The Morgan fingerprint density at radius 3 is 2.18 bits per heavy atom. The minimum atomic E-state index is -3.80. The van der Waals surface area contributed by atoms with Crippen LogP contribution < -0.4 is 10.6 Å². The van der Waals surface area contributed by atoms with Crippen molar-refractivity contribution in [1.29, 1.82) is 0 Å². The molecule has 1 aromatic heterocycles. The van der Waals surface area contributed by atoms with E-state index in [0.29, 0.717) is 12.1 Å². The highest BCUT2D eigenvalue weighted by atomic mass is 32.2. The molecule has 7 amide bonds. The number of carbonyl (C=O) groups is 8. The number of nitrogens with zero attached hydrogens (tertiary/aromatic N) is 7. The van der Waals surface area contributed by atoms with Crippen molar-refractivity contribution in [3.8, 4) is 0 Å². The van der Waals surface area contributed by atoms with Crippen LogP contribution in [0.5, 0.6) is 0 Å². The van der Waals surface area contributed by atoms with Crippen LogP contribution in [-0.2, 0) is 55.5 Å². The third-order valence-corrected chi connectivity index (χ3v) is 15.4. The normalized spacial score (nSPS) is 29.2. The third-order valence-electron chi connectivity index (χ3n) is 11.1. The Morgan fingerprint density at radius 2 is 1.61 bits per heavy atom. The number of β-lactam (4-membered cyclic amide) rings is 2. The smallest absolute Gasteiger partial charge is 0.328 e. The molecule has 0 spiro atoms. The van der Waals surface area contributed by atoms with Gasteiger partial charge in [0.05, 0.1) is 19.2 Å². The van der Waals surface area contributed by atoms with Gasteiger partial charge in [-0.25, -0.2) is 22.8 Å². The van der Waals surface area contributed by atoms with E-state index in [1.54, 1.807) is 51.1 Å². The molecule has 7 unspecified atom stereocenters. The molecule has 2 aromatic rings. The van der Waals surface area contributed by atoms with Crippen molar-refractivity contribution in [2.45, 2.75) is 91.5 Å². The molecule has 23 heteroatoms. The molecule has 6 heterocycles. The summed E-state index contributed by atoms with van der Waals surface area (Å²) in [5.74, 6) is -5.93. The van der Waals surface area contributed by atoms with Gasteiger partial charge < -0.3 is 35.5 Å². The van der Waals surface area contributed by atoms with Crippen molar-refractivity contribution in [3.05, 3.63) is 48.3 Å². The molecular formula is C34H41N9O12S2. The number of aromatic nitrogens is 3. The summed E-state index contributed by atoms with van der Waals surface area (Å²) in [4.78, 5) is 104. The van der Waals surface area contributed by atoms with E-state index in [0.717, 1.165) is 9.80 Å². The number of fused-ring (bicyclic) bond motifs is 2. The number of benzene rings is 1. The maximum Gasteiger partial charge on any atom is 0.328 e. The van der Waals surface area contributed by atoms with Crippen LogP contribution in [0.3, 0.4) is 0 Å². The summed E-state index contributed by atoms with van der Waals surface area (Å²) in [6.07, 6.45) is 2.68. The standard InChI is InChI=1S/C24H29N5O7S.C10H12N4O5S/c1-5-27-11-12-28(18(32)17(27)31)22(36)26-24(4,13-9-7-6-8-10-13)21(35)25-14-16(30)29-15(20(33)34)23(2,3)37-19(14)29;1-10(5-13-3-2-11-12-13)8(9(16)17)14-6(15)4-7(14)20(10,18)19/h6-10,14-15,19H,5,11-12H2,1-4H3,(H,25,35)(H,26,36)(H,33,34);2-3,7-8H,4-5H2,1H3,(H,16,17). The zero-order valence-corrected chi connectivity index (χ0v) is 33.0. The Labute approximate surface area is 330 Å². The second-order valence-electron chi connectivity index (χ2n) is 15.0. The SMILES string of the molecule is CC1(Cn2ccnn2)C(C(=O)O)N2C(=O)CC2S1(=O)=O.CCN1CCN(C(=O)NC(C)(C(=O)NC2C(=O)N3C2SC(C)(C)C3C(=O)O)c2ccccc2)C(=O)C1=O. The van der Waals surface area contributed by atoms with Crippen LogP contribution in [0, 0.1) is 0 Å². The largest absolute Gasteiger partial charge is 0.480 e. The highest BCUT2D eigenvalue weighted by molar-refractivity contribution is 8.01. The van der Waals surface area contributed by atoms with Gasteiger partial charge in [-0.1, -0.05) is 35.5 Å². The lowest BCUT2D eigenvalue weighted by molar-refractivity contribution is -0.161. The molecule has 21 nitrogen and oxygen atoms in total. The van der Waals surface area contributed by atoms with E-state index in [1.165, 1.54) is 52.5 Å². The molecule has 0 radical (unpaired) electrons. The van der Waals surface area contributed by atoms with E-state index in [9.17, 15) is 57.0 Å². The third kappa shape index (κ3) is 6.54. The molecule has 306 valence electrons. The predicted molar refractivity (Wildman–Crippen MR) is 196 cm³/mol. The number of urea groups is 1. The van der Waals surface area contributed by atoms with E-state index in [4.69, 9.17) is 0 Å². The topological polar surface area (TPSA) is 279 Å². The molecule has 7 atom stereocenters. The second-order valence-corrected chi connectivity index (χ2v) is 19.3. The summed E-state index contributed by atoms with van der Waals surface area (Å²) < 4.78 is 24.0. The van der Waals surface area contributed by atoms with Gasteiger partial charge in [0.1, 0.15) is 33.1 Å². The van der Waals surface area contributed by atoms with Gasteiger partial charge in [0.25, 0.3) is 5.91 Å². The van der Waals surface area contributed by atoms with Crippen LogP contribution in [0.1, 0.15) is 46.6 Å². The van der Waals surface area contributed by atoms with E-state index in [2.05, 4.69) is 20.9 Å². The van der Waals surface area contributed by atoms with Crippen molar-refractivity contribution >= 4 is 69.1 Å². The lowest BCUT2D eigenvalue weighted by Crippen LogP contribution is -2.72. The molecule has 5 fully saturated rings. The van der Waals surface area contributed by atoms with Crippen LogP contribution in [0.4, 0.5) is 4.79 Å². The van der Waals surface area contributed by atoms with Gasteiger partial charge in [0, 0.05) is 30.6 Å². The number of sulfone groups is 1. The molecule has 0 saturated carbocycles. The Bertz CT molecular complexity index is 2150. The van der Waals surface area contributed by atoms with E-state index in [1.807, 2.05) is 0 Å². The summed E-state index contributed by atoms with van der Waals surface area (Å²) >= 11 is 1.28. The predicted octanol–water partition coefficient (Wildman–Crippen LogP) is -1.59. The number of likely N-dealkylation sites (N-methyl/N-ethyl adjacent to an activating group) is 1. The van der Waals surface area contributed by atoms with Crippen LogP contribution in [-0.4, -0.2) is 159 Å². The van der Waals surface area contributed by atoms with Gasteiger partial charge in [-0.05, 0) is 40.2 Å². The number of hydrogen-bond acceptors (Lipinski definition) is 13. The maximum absolute atomic E-state index is 13.6. The number of amides is 7. The first-order valence-electron chi connectivity index (χ1n) is 17.8. The summed E-state index contributed by atoms with van der Waals surface area (Å²) in [6, 6.07) is 3.96. The fourth-order valence-electron chi connectivity index (χ4n) is 7.84. The Balaban J connectivity index is 0.000000230. The molecule has 5 aliphatic rings. The van der Waals surface area contributed by atoms with Gasteiger partial charge in [0.15, 0.2) is 15.9 Å². The van der Waals surface area contributed by atoms with Crippen molar-refractivity contribution in [2.24, 2.45) is 0 Å². The lowest BCUT2D eigenvalue weighted by atomic mass is 9.89. The number of carboxylic acids is 2. The lowest BCUT2D eigenvalue weighted by Gasteiger charge is -2.45. The van der Waals surface area contributed by atoms with E-state index < -0.39 is 101 Å². The van der Waals surface area contributed by atoms with Crippen molar-refractivity contribution in [3.63, 3.8) is 0 Å². The number of carbonyl (C=O) groups excluding carboxylic acids is 6. The Morgan fingerprint density at radius 1 is 0.965 bits per heavy atom. The number of piperazine rings is 1. The zero-order valence-electron chi connectivity index (χ0n) is 31.4. The zero-order chi connectivity index (χ0) is 42.0. The Hall–Kier alpha value is -5.58. The minimum absolute atomic E-state index is 0.0306. The minimum Gasteiger partial charge on any atom is -0.480 e. The first kappa shape index (κ1) is 41.1. The average Bonchev–Trinajstić information content (AvgIpc) is 3.79. The monoisotopic (exact) mass is 831 g/mol. The number of nitrogens with one attached hydrogen (secondary N) is 2. The molecule has 0 bridgehead atoms. The number of carboxylic acid groups (broad SMARTS) is 2. The molecule has 5 aliphatic heterocycles. The summed E-state index contributed by atoms with van der Waals surface area (Å²) in [5, 5.41) is 29.9. The summed E-state index contributed by atoms with van der Waals surface area (Å²) in [7, 11) is -3.80. The highest BCUT2D eigenvalue weighted by Gasteiger charge is 2.70. The fourth-order valence-corrected chi connectivity index (χ4v) is 11.8. The van der Waals surface area contributed by atoms with Crippen LogP contribution >= 0.6 is 11.8 Å². The number of rotatable bonds is 9. The van der Waals surface area contributed by atoms with Gasteiger partial charge in [-0.2, -0.15) is 0 Å². The average molecular weight is 832 g/mol. The number of thioether (sulfide) groups is 1. The first-order valence-corrected chi connectivity index (χ1v) is 20.2. The van der Waals surface area contributed by atoms with Crippen molar-refractivity contribution in [2.75, 3.05) is 19.6 Å². The molecular weight excluding hydrogens is 791 g/mol. The molecule has 57 heavy (non-hydrogen) atoms. The maximum atomic E-state index is 13.6. The quantitative estimate of drug-likeness (QED) is 0.164. The van der Waals surface area contributed by atoms with Crippen LogP contribution in [0.25, 0.3) is 0 Å². The Kier molecular flexibility index (Phi) is 10.4. The van der Waals surface area contributed by atoms with Gasteiger partial charge >= 0.3 is 29.8 Å². The summed E-state index contributed by atoms with van der Waals surface area (Å²) in [6.45, 7) is 8.28. The van der Waals surface area contributed by atoms with Crippen molar-refractivity contribution < 1.29 is 57.0 Å². The van der Waals surface area contributed by atoms with Crippen LogP contribution in [0.2, 0.25) is 0 Å². The number of hydrogen-bond donors (Lipinski definition) is 4. The van der Waals surface area contributed by atoms with Crippen molar-refractivity contribution in [1.82, 2.24) is 45.2 Å². The molecule has 1 aromatic carbocycles. The first-order chi connectivity index (χ1) is 26.6. The van der Waals surface area contributed by atoms with Gasteiger partial charge in [0.2, 0.25) is 11.8 Å². The second kappa shape index (κ2) is 14.4. The molecule has 0 aliphatic carbocycles. The molecule has 4 N–H and O–H groups in total. The van der Waals surface area contributed by atoms with E-state index in [-0.39, 0.29) is 26.1 Å². The van der Waals surface area contributed by atoms with E-state index >= 15 is 0 Å². The summed E-state index contributed by atoms with van der Waals surface area (Å²) in [5.41, 5.74) is -1.33. The van der Waals surface area contributed by atoms with Crippen LogP contribution in [0.15, 0.2) is 42.7 Å². The molecule has 7 rings (SSSR count). The number of imide groups is 1.